The number of amides is 1. The minimum atomic E-state index is -0.597. The van der Waals surface area contributed by atoms with E-state index in [0.717, 1.165) is 30.4 Å². The van der Waals surface area contributed by atoms with Crippen LogP contribution in [-0.4, -0.2) is 23.7 Å². The SMILES string of the molecule is O=C(NCCCCc1ccccc1)n1c2c(oc1=O)CNCC2. The zero-order chi connectivity index (χ0) is 16.1. The predicted molar refractivity (Wildman–Crippen MR) is 86.6 cm³/mol. The Hall–Kier alpha value is -2.34. The van der Waals surface area contributed by atoms with Crippen molar-refractivity contribution in [1.29, 1.82) is 0 Å². The van der Waals surface area contributed by atoms with E-state index in [1.807, 2.05) is 18.2 Å². The molecule has 6 nitrogen and oxygen atoms in total. The quantitative estimate of drug-likeness (QED) is 0.823. The monoisotopic (exact) mass is 315 g/mol. The molecule has 1 aliphatic rings. The van der Waals surface area contributed by atoms with Crippen molar-refractivity contribution < 1.29 is 9.21 Å². The first-order chi connectivity index (χ1) is 11.3. The summed E-state index contributed by atoms with van der Waals surface area (Å²) in [5.41, 5.74) is 1.99. The third-order valence-corrected chi connectivity index (χ3v) is 4.02. The highest BCUT2D eigenvalue weighted by atomic mass is 16.4. The third kappa shape index (κ3) is 3.71. The Labute approximate surface area is 134 Å². The molecule has 0 saturated carbocycles. The minimum absolute atomic E-state index is 0.387. The first-order valence-corrected chi connectivity index (χ1v) is 8.02. The number of unbranched alkanes of at least 4 members (excludes halogenated alkanes) is 1. The zero-order valence-corrected chi connectivity index (χ0v) is 13.0. The first kappa shape index (κ1) is 15.6. The van der Waals surface area contributed by atoms with Gasteiger partial charge < -0.3 is 15.1 Å². The van der Waals surface area contributed by atoms with Crippen molar-refractivity contribution in [3.63, 3.8) is 0 Å². The number of benzene rings is 1. The van der Waals surface area contributed by atoms with Gasteiger partial charge in [-0.05, 0) is 24.8 Å². The maximum atomic E-state index is 12.2. The van der Waals surface area contributed by atoms with Crippen molar-refractivity contribution in [2.45, 2.75) is 32.2 Å². The second-order valence-electron chi connectivity index (χ2n) is 5.67. The lowest BCUT2D eigenvalue weighted by atomic mass is 10.1. The number of nitrogens with zero attached hydrogens (tertiary/aromatic N) is 1. The van der Waals surface area contributed by atoms with Crippen molar-refractivity contribution in [1.82, 2.24) is 15.2 Å². The van der Waals surface area contributed by atoms with Gasteiger partial charge in [-0.1, -0.05) is 30.3 Å². The summed E-state index contributed by atoms with van der Waals surface area (Å²) in [6.07, 6.45) is 3.48. The van der Waals surface area contributed by atoms with Crippen molar-refractivity contribution in [2.75, 3.05) is 13.1 Å². The van der Waals surface area contributed by atoms with Crippen LogP contribution in [0.25, 0.3) is 0 Å². The Bertz CT molecular complexity index is 718. The molecule has 1 aromatic heterocycles. The smallest absolute Gasteiger partial charge is 0.411 e. The topological polar surface area (TPSA) is 76.3 Å². The van der Waals surface area contributed by atoms with Gasteiger partial charge in [-0.25, -0.2) is 9.59 Å². The molecular formula is C17H21N3O3. The molecule has 3 rings (SSSR count). The van der Waals surface area contributed by atoms with E-state index in [9.17, 15) is 9.59 Å². The number of hydrogen-bond acceptors (Lipinski definition) is 4. The number of aromatic nitrogens is 1. The van der Waals surface area contributed by atoms with Gasteiger partial charge >= 0.3 is 11.8 Å². The molecule has 6 heteroatoms. The number of carbonyl (C=O) groups excluding carboxylic acids is 1. The van der Waals surface area contributed by atoms with Gasteiger partial charge in [0.25, 0.3) is 0 Å². The van der Waals surface area contributed by atoms with Gasteiger partial charge in [-0.2, -0.15) is 4.57 Å². The summed E-state index contributed by atoms with van der Waals surface area (Å²) in [4.78, 5) is 24.0. The number of hydrogen-bond donors (Lipinski definition) is 2. The fourth-order valence-corrected chi connectivity index (χ4v) is 2.82. The fraction of sp³-hybridized carbons (Fsp3) is 0.412. The molecule has 0 spiro atoms. The molecule has 1 amide bonds. The van der Waals surface area contributed by atoms with Crippen LogP contribution >= 0.6 is 0 Å². The van der Waals surface area contributed by atoms with E-state index >= 15 is 0 Å². The lowest BCUT2D eigenvalue weighted by molar-refractivity contribution is 0.239. The minimum Gasteiger partial charge on any atom is -0.411 e. The van der Waals surface area contributed by atoms with Gasteiger partial charge in [-0.15, -0.1) is 0 Å². The maximum Gasteiger partial charge on any atom is 0.427 e. The number of fused-ring (bicyclic) bond motifs is 1. The van der Waals surface area contributed by atoms with Gasteiger partial charge in [0.2, 0.25) is 0 Å². The highest BCUT2D eigenvalue weighted by Gasteiger charge is 2.23. The Morgan fingerprint density at radius 3 is 2.91 bits per heavy atom. The number of nitrogens with one attached hydrogen (secondary N) is 2. The Morgan fingerprint density at radius 2 is 2.09 bits per heavy atom. The Kier molecular flexibility index (Phi) is 4.92. The number of rotatable bonds is 5. The molecule has 0 atom stereocenters. The summed E-state index contributed by atoms with van der Waals surface area (Å²) in [6, 6.07) is 9.87. The lowest BCUT2D eigenvalue weighted by Crippen LogP contribution is -2.37. The van der Waals surface area contributed by atoms with E-state index in [0.29, 0.717) is 31.0 Å². The third-order valence-electron chi connectivity index (χ3n) is 4.02. The summed E-state index contributed by atoms with van der Waals surface area (Å²) in [5, 5.41) is 5.92. The van der Waals surface area contributed by atoms with Crippen molar-refractivity contribution in [3.8, 4) is 0 Å². The lowest BCUT2D eigenvalue weighted by Gasteiger charge is -2.13. The van der Waals surface area contributed by atoms with Crippen molar-refractivity contribution in [2.24, 2.45) is 0 Å². The van der Waals surface area contributed by atoms with Crippen LogP contribution in [0.15, 0.2) is 39.5 Å². The van der Waals surface area contributed by atoms with E-state index in [4.69, 9.17) is 4.42 Å². The summed E-state index contributed by atoms with van der Waals surface area (Å²) < 4.78 is 6.26. The second-order valence-corrected chi connectivity index (χ2v) is 5.67. The van der Waals surface area contributed by atoms with Gasteiger partial charge in [-0.3, -0.25) is 0 Å². The van der Waals surface area contributed by atoms with Gasteiger partial charge in [0.15, 0.2) is 0 Å². The van der Waals surface area contributed by atoms with E-state index in [2.05, 4.69) is 22.8 Å². The molecule has 1 aromatic carbocycles. The molecule has 0 fully saturated rings. The van der Waals surface area contributed by atoms with Crippen molar-refractivity contribution >= 4 is 6.03 Å². The molecule has 0 unspecified atom stereocenters. The molecule has 2 aromatic rings. The number of aryl methyl sites for hydroxylation is 1. The van der Waals surface area contributed by atoms with Crippen molar-refractivity contribution in [3.05, 3.63) is 57.9 Å². The van der Waals surface area contributed by atoms with E-state index in [1.165, 1.54) is 5.56 Å². The molecule has 122 valence electrons. The Balaban J connectivity index is 1.48. The average Bonchev–Trinajstić information content (AvgIpc) is 2.91. The predicted octanol–water partition coefficient (Wildman–Crippen LogP) is 1.67. The molecule has 2 N–H and O–H groups in total. The summed E-state index contributed by atoms with van der Waals surface area (Å²) in [6.45, 7) is 1.80. The number of oxazole rings is 1. The molecule has 0 saturated heterocycles. The van der Waals surface area contributed by atoms with Gasteiger partial charge in [0, 0.05) is 19.5 Å². The van der Waals surface area contributed by atoms with Crippen LogP contribution in [0.2, 0.25) is 0 Å². The van der Waals surface area contributed by atoms with Gasteiger partial charge in [0.1, 0.15) is 5.76 Å². The van der Waals surface area contributed by atoms with Crippen LogP contribution in [0.4, 0.5) is 4.79 Å². The van der Waals surface area contributed by atoms with Crippen LogP contribution in [0.5, 0.6) is 0 Å². The first-order valence-electron chi connectivity index (χ1n) is 8.02. The summed E-state index contributed by atoms with van der Waals surface area (Å²) in [7, 11) is 0. The summed E-state index contributed by atoms with van der Waals surface area (Å²) >= 11 is 0. The van der Waals surface area contributed by atoms with Crippen LogP contribution in [0.3, 0.4) is 0 Å². The van der Waals surface area contributed by atoms with E-state index in [-0.39, 0.29) is 6.03 Å². The fourth-order valence-electron chi connectivity index (χ4n) is 2.82. The highest BCUT2D eigenvalue weighted by molar-refractivity contribution is 5.77. The molecule has 23 heavy (non-hydrogen) atoms. The van der Waals surface area contributed by atoms with Crippen LogP contribution in [0, 0.1) is 0 Å². The maximum absolute atomic E-state index is 12.2. The average molecular weight is 315 g/mol. The second kappa shape index (κ2) is 7.28. The van der Waals surface area contributed by atoms with Crippen LogP contribution in [-0.2, 0) is 19.4 Å². The molecule has 0 bridgehead atoms. The Morgan fingerprint density at radius 1 is 1.26 bits per heavy atom. The molecule has 0 radical (unpaired) electrons. The molecular weight excluding hydrogens is 294 g/mol. The summed E-state index contributed by atoms with van der Waals surface area (Å²) in [5.74, 6) is -0.0269. The standard InChI is InChI=1S/C17H21N3O3/c21-16(19-10-5-4-8-13-6-2-1-3-7-13)20-14-9-11-18-12-15(14)23-17(20)22/h1-3,6-7,18H,4-5,8-12H2,(H,19,21). The highest BCUT2D eigenvalue weighted by Crippen LogP contribution is 2.11. The molecule has 1 aliphatic heterocycles. The molecule has 2 heterocycles. The zero-order valence-electron chi connectivity index (χ0n) is 13.0. The van der Waals surface area contributed by atoms with E-state index < -0.39 is 5.76 Å². The van der Waals surface area contributed by atoms with Gasteiger partial charge in [0.05, 0.1) is 12.2 Å². The van der Waals surface area contributed by atoms with Crippen LogP contribution in [0.1, 0.15) is 29.9 Å². The largest absolute Gasteiger partial charge is 0.427 e. The normalized spacial score (nSPS) is 13.6. The molecule has 0 aliphatic carbocycles. The number of carbonyl (C=O) groups is 1. The van der Waals surface area contributed by atoms with E-state index in [1.54, 1.807) is 0 Å². The van der Waals surface area contributed by atoms with Crippen LogP contribution < -0.4 is 16.4 Å².